The number of nitrogen functional groups attached to an aromatic ring is 1. The molecule has 3 atom stereocenters. The van der Waals surface area contributed by atoms with Gasteiger partial charge >= 0.3 is 5.97 Å². The molecule has 0 spiro atoms. The van der Waals surface area contributed by atoms with Gasteiger partial charge in [-0.1, -0.05) is 59.7 Å². The molecule has 224 valence electrons. The molecule has 4 rings (SSSR count). The zero-order valence-electron chi connectivity index (χ0n) is 26.0. The topological polar surface area (TPSA) is 124 Å². The van der Waals surface area contributed by atoms with Crippen LogP contribution in [0, 0.1) is 0 Å². The van der Waals surface area contributed by atoms with Crippen molar-refractivity contribution < 1.29 is 23.1 Å². The van der Waals surface area contributed by atoms with Gasteiger partial charge in [-0.2, -0.15) is 0 Å². The van der Waals surface area contributed by atoms with Crippen molar-refractivity contribution in [3.8, 4) is 0 Å². The first-order valence-electron chi connectivity index (χ1n) is 14.1. The molecule has 41 heavy (non-hydrogen) atoms. The van der Waals surface area contributed by atoms with Crippen molar-refractivity contribution in [3.05, 3.63) is 48.5 Å². The highest BCUT2D eigenvalue weighted by Gasteiger charge is 2.55. The Kier molecular flexibility index (Phi) is 8.31. The summed E-state index contributed by atoms with van der Waals surface area (Å²) in [7, 11) is -4.55. The summed E-state index contributed by atoms with van der Waals surface area (Å²) in [6.07, 6.45) is 2.13. The number of esters is 1. The van der Waals surface area contributed by atoms with E-state index in [2.05, 4.69) is 82.7 Å². The van der Waals surface area contributed by atoms with Crippen LogP contribution in [0.3, 0.4) is 0 Å². The Morgan fingerprint density at radius 1 is 1.02 bits per heavy atom. The molecule has 0 bridgehead atoms. The molecule has 0 aliphatic carbocycles. The van der Waals surface area contributed by atoms with E-state index in [9.17, 15) is 4.79 Å². The number of fused-ring (bicyclic) bond motifs is 1. The number of ether oxygens (including phenoxy) is 2. The Hall–Kier alpha value is -2.65. The van der Waals surface area contributed by atoms with Crippen molar-refractivity contribution >= 4 is 39.6 Å². The highest BCUT2D eigenvalue weighted by Crippen LogP contribution is 2.47. The summed E-state index contributed by atoms with van der Waals surface area (Å²) in [6, 6.07) is 8.92. The zero-order chi connectivity index (χ0) is 30.4. The van der Waals surface area contributed by atoms with Gasteiger partial charge in [0, 0.05) is 6.42 Å². The average Bonchev–Trinajstić information content (AvgIpc) is 3.44. The van der Waals surface area contributed by atoms with Crippen LogP contribution >= 0.6 is 0 Å². The maximum absolute atomic E-state index is 13.5. The summed E-state index contributed by atoms with van der Waals surface area (Å²) in [5, 5.41) is -0.119. The second kappa shape index (κ2) is 10.9. The standard InChI is InChI=1S/C29H45N5O5Si2/c1-27(2,3)40(7,8)36-17-29(38-26(35)20-14-12-11-13-15-20)16-21(39-41(9,10)28(4,5)6)25(37-29)34-19-33-22-23(30)31-18-32-24(22)34/h11-15,18-19,21,25H,16-17H2,1-10H3,(H2,30,31,32)/t21-,25-,29+/m1/s1. The van der Waals surface area contributed by atoms with Gasteiger partial charge in [0.1, 0.15) is 11.8 Å². The highest BCUT2D eigenvalue weighted by atomic mass is 28.4. The minimum absolute atomic E-state index is 0.0539. The minimum Gasteiger partial charge on any atom is -0.427 e. The molecule has 3 heterocycles. The van der Waals surface area contributed by atoms with E-state index >= 15 is 0 Å². The van der Waals surface area contributed by atoms with Gasteiger partial charge in [-0.3, -0.25) is 4.57 Å². The van der Waals surface area contributed by atoms with E-state index in [1.807, 2.05) is 6.07 Å². The van der Waals surface area contributed by atoms with E-state index in [0.29, 0.717) is 16.7 Å². The molecule has 1 aliphatic rings. The van der Waals surface area contributed by atoms with E-state index in [1.54, 1.807) is 35.2 Å². The van der Waals surface area contributed by atoms with Crippen molar-refractivity contribution in [2.45, 2.75) is 102 Å². The summed E-state index contributed by atoms with van der Waals surface area (Å²) in [4.78, 5) is 26.5. The Morgan fingerprint density at radius 3 is 2.27 bits per heavy atom. The Bertz CT molecular complexity index is 1380. The third-order valence-corrected chi connectivity index (χ3v) is 17.8. The lowest BCUT2D eigenvalue weighted by Crippen LogP contribution is -2.48. The van der Waals surface area contributed by atoms with Crippen molar-refractivity contribution in [1.82, 2.24) is 19.5 Å². The summed E-state index contributed by atoms with van der Waals surface area (Å²) in [6.45, 7) is 21.9. The van der Waals surface area contributed by atoms with Gasteiger partial charge in [0.2, 0.25) is 5.79 Å². The van der Waals surface area contributed by atoms with Gasteiger partial charge in [-0.05, 0) is 48.4 Å². The average molecular weight is 600 g/mol. The quantitative estimate of drug-likeness (QED) is 0.235. The van der Waals surface area contributed by atoms with E-state index in [1.165, 1.54) is 6.33 Å². The van der Waals surface area contributed by atoms with Crippen LogP contribution in [0.5, 0.6) is 0 Å². The number of carbonyl (C=O) groups excluding carboxylic acids is 1. The van der Waals surface area contributed by atoms with Crippen molar-refractivity contribution in [2.24, 2.45) is 0 Å². The first-order chi connectivity index (χ1) is 18.9. The SMILES string of the molecule is CC(C)(C)[Si](C)(C)OC[C@@]1(OC(=O)c2ccccc2)C[C@@H](O[Si](C)(C)C(C)(C)C)[C@H](n2cnc3c(N)ncnc32)O1. The molecule has 3 aromatic rings. The van der Waals surface area contributed by atoms with Crippen LogP contribution in [0.25, 0.3) is 11.2 Å². The number of rotatable bonds is 8. The van der Waals surface area contributed by atoms with E-state index in [4.69, 9.17) is 24.1 Å². The Morgan fingerprint density at radius 2 is 1.66 bits per heavy atom. The van der Waals surface area contributed by atoms with Crippen LogP contribution in [0.2, 0.25) is 36.3 Å². The molecule has 2 aromatic heterocycles. The molecule has 0 radical (unpaired) electrons. The molecule has 0 saturated carbocycles. The third-order valence-electron chi connectivity index (χ3n) is 8.83. The number of hydrogen-bond acceptors (Lipinski definition) is 9. The first-order valence-corrected chi connectivity index (χ1v) is 19.9. The van der Waals surface area contributed by atoms with Crippen LogP contribution < -0.4 is 5.73 Å². The van der Waals surface area contributed by atoms with Gasteiger partial charge in [0.15, 0.2) is 34.3 Å². The lowest BCUT2D eigenvalue weighted by molar-refractivity contribution is -0.224. The normalized spacial score (nSPS) is 22.3. The number of anilines is 1. The number of carbonyl (C=O) groups is 1. The van der Waals surface area contributed by atoms with Crippen LogP contribution in [0.4, 0.5) is 5.82 Å². The Balaban J connectivity index is 1.79. The maximum atomic E-state index is 13.5. The molecule has 0 unspecified atom stereocenters. The fraction of sp³-hybridized carbons (Fsp3) is 0.586. The smallest absolute Gasteiger partial charge is 0.340 e. The van der Waals surface area contributed by atoms with Crippen molar-refractivity contribution in [1.29, 1.82) is 0 Å². The van der Waals surface area contributed by atoms with Gasteiger partial charge in [0.05, 0.1) is 24.6 Å². The predicted octanol–water partition coefficient (Wildman–Crippen LogP) is 6.29. The summed E-state index contributed by atoms with van der Waals surface area (Å²) >= 11 is 0. The van der Waals surface area contributed by atoms with Crippen LogP contribution in [-0.2, 0) is 18.3 Å². The molecule has 1 fully saturated rings. The zero-order valence-corrected chi connectivity index (χ0v) is 28.0. The summed E-state index contributed by atoms with van der Waals surface area (Å²) < 4.78 is 28.5. The predicted molar refractivity (Wildman–Crippen MR) is 164 cm³/mol. The fourth-order valence-corrected chi connectivity index (χ4v) is 6.52. The van der Waals surface area contributed by atoms with Crippen molar-refractivity contribution in [3.63, 3.8) is 0 Å². The minimum atomic E-state index is -2.30. The molecule has 1 aliphatic heterocycles. The number of aromatic nitrogens is 4. The number of hydrogen-bond donors (Lipinski definition) is 1. The number of benzene rings is 1. The molecule has 1 aromatic carbocycles. The molecular formula is C29H45N5O5Si2. The van der Waals surface area contributed by atoms with E-state index < -0.39 is 40.7 Å². The van der Waals surface area contributed by atoms with Crippen molar-refractivity contribution in [2.75, 3.05) is 12.3 Å². The lowest BCUT2D eigenvalue weighted by atomic mass is 10.1. The summed E-state index contributed by atoms with van der Waals surface area (Å²) in [5.74, 6) is -1.62. The molecule has 12 heteroatoms. The van der Waals surface area contributed by atoms with Gasteiger partial charge < -0.3 is 24.1 Å². The lowest BCUT2D eigenvalue weighted by Gasteiger charge is -2.39. The third kappa shape index (κ3) is 6.41. The number of nitrogens with zero attached hydrogens (tertiary/aromatic N) is 4. The van der Waals surface area contributed by atoms with Crippen LogP contribution in [0.15, 0.2) is 43.0 Å². The van der Waals surface area contributed by atoms with E-state index in [0.717, 1.165) is 0 Å². The van der Waals surface area contributed by atoms with E-state index in [-0.39, 0.29) is 28.9 Å². The molecular weight excluding hydrogens is 555 g/mol. The first kappa shape index (κ1) is 31.3. The van der Waals surface area contributed by atoms with Gasteiger partial charge in [-0.25, -0.2) is 19.7 Å². The molecule has 0 amide bonds. The fourth-order valence-electron chi connectivity index (χ4n) is 4.20. The highest BCUT2D eigenvalue weighted by molar-refractivity contribution is 6.74. The Labute approximate surface area is 245 Å². The second-order valence-corrected chi connectivity index (χ2v) is 23.5. The van der Waals surface area contributed by atoms with Crippen LogP contribution in [-0.4, -0.2) is 60.6 Å². The maximum Gasteiger partial charge on any atom is 0.340 e. The molecule has 10 nitrogen and oxygen atoms in total. The number of imidazole rings is 1. The van der Waals surface area contributed by atoms with Gasteiger partial charge in [0.25, 0.3) is 0 Å². The second-order valence-electron chi connectivity index (χ2n) is 13.9. The van der Waals surface area contributed by atoms with Gasteiger partial charge in [-0.15, -0.1) is 0 Å². The largest absolute Gasteiger partial charge is 0.427 e. The van der Waals surface area contributed by atoms with Crippen LogP contribution in [0.1, 0.15) is 64.5 Å². The summed E-state index contributed by atoms with van der Waals surface area (Å²) in [5.41, 5.74) is 7.52. The molecule has 2 N–H and O–H groups in total. The monoisotopic (exact) mass is 599 g/mol. The number of nitrogens with two attached hydrogens (primary N) is 1. The molecule has 1 saturated heterocycles.